The Labute approximate surface area is 140 Å². The fourth-order valence-corrected chi connectivity index (χ4v) is 2.72. The molecule has 0 spiro atoms. The van der Waals surface area contributed by atoms with Gasteiger partial charge in [0.1, 0.15) is 0 Å². The number of nitrogens with one attached hydrogen (secondary N) is 3. The van der Waals surface area contributed by atoms with Crippen molar-refractivity contribution >= 4 is 16.9 Å². The first-order chi connectivity index (χ1) is 11.7. The van der Waals surface area contributed by atoms with Crippen LogP contribution in [0.2, 0.25) is 0 Å². The van der Waals surface area contributed by atoms with Crippen LogP contribution in [-0.4, -0.2) is 22.7 Å². The van der Waals surface area contributed by atoms with Crippen molar-refractivity contribution < 1.29 is 9.32 Å². The molecule has 3 N–H and O–H groups in total. The second kappa shape index (κ2) is 7.21. The van der Waals surface area contributed by atoms with Crippen molar-refractivity contribution in [3.05, 3.63) is 53.0 Å². The molecule has 0 aliphatic carbocycles. The molecule has 0 saturated carbocycles. The number of aryl methyl sites for hydroxylation is 2. The molecule has 0 saturated heterocycles. The summed E-state index contributed by atoms with van der Waals surface area (Å²) in [6.45, 7) is 5.00. The van der Waals surface area contributed by atoms with E-state index in [-0.39, 0.29) is 6.03 Å². The van der Waals surface area contributed by atoms with Crippen LogP contribution in [0.15, 0.2) is 35.0 Å². The molecule has 6 nitrogen and oxygen atoms in total. The van der Waals surface area contributed by atoms with Crippen LogP contribution in [0.25, 0.3) is 10.9 Å². The monoisotopic (exact) mass is 326 g/mol. The predicted octanol–water partition coefficient (Wildman–Crippen LogP) is 3.07. The highest BCUT2D eigenvalue weighted by molar-refractivity contribution is 5.85. The fraction of sp³-hybridized carbons (Fsp3) is 0.333. The summed E-state index contributed by atoms with van der Waals surface area (Å²) in [5.41, 5.74) is 4.48. The number of fused-ring (bicyclic) bond motifs is 1. The van der Waals surface area contributed by atoms with Crippen molar-refractivity contribution in [2.75, 3.05) is 6.54 Å². The van der Waals surface area contributed by atoms with Crippen molar-refractivity contribution in [2.24, 2.45) is 0 Å². The van der Waals surface area contributed by atoms with E-state index in [1.54, 1.807) is 0 Å². The van der Waals surface area contributed by atoms with Crippen LogP contribution in [0.5, 0.6) is 0 Å². The first-order valence-corrected chi connectivity index (χ1v) is 8.19. The second-order valence-corrected chi connectivity index (χ2v) is 5.81. The van der Waals surface area contributed by atoms with E-state index in [2.05, 4.69) is 45.9 Å². The van der Waals surface area contributed by atoms with Gasteiger partial charge in [0.25, 0.3) is 0 Å². The van der Waals surface area contributed by atoms with Crippen molar-refractivity contribution in [1.29, 1.82) is 0 Å². The van der Waals surface area contributed by atoms with Gasteiger partial charge in [-0.3, -0.25) is 0 Å². The van der Waals surface area contributed by atoms with E-state index in [0.717, 1.165) is 24.1 Å². The standard InChI is InChI=1S/C18H22N4O2/c1-3-14-9-15(24-22-14)11-21-18(23)19-8-7-13-10-20-17-12(2)5-4-6-16(13)17/h4-6,9-10,20H,3,7-8,11H2,1-2H3,(H2,19,21,23). The zero-order valence-electron chi connectivity index (χ0n) is 14.0. The highest BCUT2D eigenvalue weighted by Gasteiger charge is 2.07. The first kappa shape index (κ1) is 16.1. The van der Waals surface area contributed by atoms with E-state index in [4.69, 9.17) is 4.52 Å². The van der Waals surface area contributed by atoms with Gasteiger partial charge in [0.15, 0.2) is 5.76 Å². The number of nitrogens with zero attached hydrogens (tertiary/aromatic N) is 1. The Morgan fingerprint density at radius 2 is 2.21 bits per heavy atom. The summed E-state index contributed by atoms with van der Waals surface area (Å²) in [6.07, 6.45) is 3.61. The number of rotatable bonds is 6. The van der Waals surface area contributed by atoms with E-state index >= 15 is 0 Å². The highest BCUT2D eigenvalue weighted by Crippen LogP contribution is 2.21. The van der Waals surface area contributed by atoms with Gasteiger partial charge < -0.3 is 20.1 Å². The number of aromatic amines is 1. The minimum absolute atomic E-state index is 0.208. The molecule has 2 amide bonds. The minimum atomic E-state index is -0.208. The van der Waals surface area contributed by atoms with Crippen molar-refractivity contribution in [2.45, 2.75) is 33.2 Å². The molecule has 2 heterocycles. The third-order valence-corrected chi connectivity index (χ3v) is 4.08. The largest absolute Gasteiger partial charge is 0.361 e. The van der Waals surface area contributed by atoms with Gasteiger partial charge >= 0.3 is 6.03 Å². The Morgan fingerprint density at radius 3 is 3.00 bits per heavy atom. The van der Waals surface area contributed by atoms with Gasteiger partial charge in [-0.25, -0.2) is 4.79 Å². The van der Waals surface area contributed by atoms with Gasteiger partial charge in [-0.1, -0.05) is 30.3 Å². The number of urea groups is 1. The molecule has 0 radical (unpaired) electrons. The summed E-state index contributed by atoms with van der Waals surface area (Å²) >= 11 is 0. The Morgan fingerprint density at radius 1 is 1.33 bits per heavy atom. The molecule has 3 rings (SSSR count). The van der Waals surface area contributed by atoms with Gasteiger partial charge in [-0.2, -0.15) is 0 Å². The maximum absolute atomic E-state index is 11.8. The van der Waals surface area contributed by atoms with E-state index in [1.807, 2.05) is 19.2 Å². The van der Waals surface area contributed by atoms with Crippen LogP contribution in [0.1, 0.15) is 29.5 Å². The van der Waals surface area contributed by atoms with Crippen molar-refractivity contribution in [3.8, 4) is 0 Å². The average Bonchev–Trinajstić information content (AvgIpc) is 3.21. The number of amides is 2. The Balaban J connectivity index is 1.47. The van der Waals surface area contributed by atoms with Crippen LogP contribution in [0.4, 0.5) is 4.79 Å². The molecule has 0 aliphatic heterocycles. The molecule has 0 fully saturated rings. The van der Waals surface area contributed by atoms with Crippen LogP contribution in [0, 0.1) is 6.92 Å². The Hall–Kier alpha value is -2.76. The van der Waals surface area contributed by atoms with E-state index in [1.165, 1.54) is 16.5 Å². The number of H-pyrrole nitrogens is 1. The number of benzene rings is 1. The summed E-state index contributed by atoms with van der Waals surface area (Å²) in [7, 11) is 0. The van der Waals surface area contributed by atoms with Crippen LogP contribution < -0.4 is 10.6 Å². The third-order valence-electron chi connectivity index (χ3n) is 4.08. The summed E-state index contributed by atoms with van der Waals surface area (Å²) in [4.78, 5) is 15.1. The average molecular weight is 326 g/mol. The molecular weight excluding hydrogens is 304 g/mol. The van der Waals surface area contributed by atoms with Crippen LogP contribution >= 0.6 is 0 Å². The molecule has 0 atom stereocenters. The molecular formula is C18H22N4O2. The number of aromatic nitrogens is 2. The molecule has 0 bridgehead atoms. The van der Waals surface area contributed by atoms with E-state index < -0.39 is 0 Å². The number of carbonyl (C=O) groups excluding carboxylic acids is 1. The molecule has 126 valence electrons. The number of carbonyl (C=O) groups is 1. The van der Waals surface area contributed by atoms with Crippen LogP contribution in [-0.2, 0) is 19.4 Å². The van der Waals surface area contributed by atoms with Gasteiger partial charge in [-0.05, 0) is 30.9 Å². The first-order valence-electron chi connectivity index (χ1n) is 8.19. The molecule has 0 unspecified atom stereocenters. The normalized spacial score (nSPS) is 10.9. The van der Waals surface area contributed by atoms with E-state index in [9.17, 15) is 4.79 Å². The molecule has 0 aliphatic rings. The lowest BCUT2D eigenvalue weighted by Crippen LogP contribution is -2.36. The van der Waals surface area contributed by atoms with Crippen molar-refractivity contribution in [3.63, 3.8) is 0 Å². The quantitative estimate of drug-likeness (QED) is 0.651. The summed E-state index contributed by atoms with van der Waals surface area (Å²) in [6, 6.07) is 7.89. The zero-order chi connectivity index (χ0) is 16.9. The minimum Gasteiger partial charge on any atom is -0.361 e. The highest BCUT2D eigenvalue weighted by atomic mass is 16.5. The topological polar surface area (TPSA) is 83.0 Å². The number of hydrogen-bond donors (Lipinski definition) is 3. The summed E-state index contributed by atoms with van der Waals surface area (Å²) in [5, 5.41) is 10.7. The zero-order valence-corrected chi connectivity index (χ0v) is 14.0. The van der Waals surface area contributed by atoms with Gasteiger partial charge in [0.05, 0.1) is 12.2 Å². The number of hydrogen-bond acceptors (Lipinski definition) is 3. The Bertz CT molecular complexity index is 835. The van der Waals surface area contributed by atoms with Crippen LogP contribution in [0.3, 0.4) is 0 Å². The third kappa shape index (κ3) is 3.59. The number of para-hydroxylation sites is 1. The summed E-state index contributed by atoms with van der Waals surface area (Å²) in [5.74, 6) is 0.661. The van der Waals surface area contributed by atoms with Gasteiger partial charge in [-0.15, -0.1) is 0 Å². The maximum atomic E-state index is 11.8. The van der Waals surface area contributed by atoms with Gasteiger partial charge in [0, 0.05) is 29.7 Å². The molecule has 6 heteroatoms. The van der Waals surface area contributed by atoms with Gasteiger partial charge in [0.2, 0.25) is 0 Å². The fourth-order valence-electron chi connectivity index (χ4n) is 2.72. The van der Waals surface area contributed by atoms with E-state index in [0.29, 0.717) is 18.8 Å². The predicted molar refractivity (Wildman–Crippen MR) is 92.9 cm³/mol. The Kier molecular flexibility index (Phi) is 4.84. The van der Waals surface area contributed by atoms with Crippen molar-refractivity contribution in [1.82, 2.24) is 20.8 Å². The lowest BCUT2D eigenvalue weighted by atomic mass is 10.1. The lowest BCUT2D eigenvalue weighted by Gasteiger charge is -2.06. The molecule has 2 aromatic heterocycles. The molecule has 24 heavy (non-hydrogen) atoms. The molecule has 3 aromatic rings. The molecule has 1 aromatic carbocycles. The smallest absolute Gasteiger partial charge is 0.315 e. The second-order valence-electron chi connectivity index (χ2n) is 5.81. The SMILES string of the molecule is CCc1cc(CNC(=O)NCCc2c[nH]c3c(C)cccc23)on1. The lowest BCUT2D eigenvalue weighted by molar-refractivity contribution is 0.239. The summed E-state index contributed by atoms with van der Waals surface area (Å²) < 4.78 is 5.13. The maximum Gasteiger partial charge on any atom is 0.315 e.